The molecule has 0 bridgehead atoms. The highest BCUT2D eigenvalue weighted by atomic mass is 32.2. The maximum atomic E-state index is 12.9. The second-order valence-electron chi connectivity index (χ2n) is 6.77. The van der Waals surface area contributed by atoms with Crippen LogP contribution in [-0.2, 0) is 16.6 Å². The predicted octanol–water partition coefficient (Wildman–Crippen LogP) is 3.52. The van der Waals surface area contributed by atoms with Crippen LogP contribution >= 0.6 is 0 Å². The maximum absolute atomic E-state index is 12.9. The van der Waals surface area contributed by atoms with Gasteiger partial charge >= 0.3 is 5.63 Å². The molecule has 2 N–H and O–H groups in total. The van der Waals surface area contributed by atoms with Crippen LogP contribution in [0.1, 0.15) is 15.9 Å². The number of hydrogen-bond donors (Lipinski definition) is 2. The van der Waals surface area contributed by atoms with Crippen molar-refractivity contribution in [3.05, 3.63) is 106 Å². The third-order valence-electron chi connectivity index (χ3n) is 4.61. The molecule has 156 valence electrons. The highest BCUT2D eigenvalue weighted by Crippen LogP contribution is 2.23. The number of para-hydroxylation sites is 1. The number of carbonyl (C=O) groups is 1. The van der Waals surface area contributed by atoms with E-state index in [-0.39, 0.29) is 21.7 Å². The number of carbonyl (C=O) groups excluding carboxylic acids is 1. The lowest BCUT2D eigenvalue weighted by atomic mass is 10.1. The molecule has 0 radical (unpaired) electrons. The average molecular weight is 434 g/mol. The first-order chi connectivity index (χ1) is 14.9. The molecule has 0 atom stereocenters. The lowest BCUT2D eigenvalue weighted by Gasteiger charge is -2.13. The second-order valence-corrected chi connectivity index (χ2v) is 8.46. The van der Waals surface area contributed by atoms with Crippen LogP contribution in [0.15, 0.2) is 99.0 Å². The molecule has 0 unspecified atom stereocenters. The van der Waals surface area contributed by atoms with Crippen LogP contribution in [-0.4, -0.2) is 14.3 Å². The van der Waals surface area contributed by atoms with Crippen molar-refractivity contribution in [3.63, 3.8) is 0 Å². The molecule has 4 aromatic rings. The van der Waals surface area contributed by atoms with E-state index in [9.17, 15) is 18.0 Å². The molecule has 7 nitrogen and oxygen atoms in total. The molecule has 0 fully saturated rings. The summed E-state index contributed by atoms with van der Waals surface area (Å²) in [6, 6.07) is 22.6. The average Bonchev–Trinajstić information content (AvgIpc) is 2.78. The Morgan fingerprint density at radius 2 is 1.61 bits per heavy atom. The first-order valence-corrected chi connectivity index (χ1v) is 10.9. The van der Waals surface area contributed by atoms with Gasteiger partial charge in [0, 0.05) is 18.0 Å². The minimum Gasteiger partial charge on any atom is -0.423 e. The van der Waals surface area contributed by atoms with Crippen molar-refractivity contribution in [2.24, 2.45) is 0 Å². The summed E-state index contributed by atoms with van der Waals surface area (Å²) in [5.41, 5.74) is 1.06. The minimum atomic E-state index is -3.99. The summed E-state index contributed by atoms with van der Waals surface area (Å²) in [4.78, 5) is 24.0. The van der Waals surface area contributed by atoms with Crippen LogP contribution < -0.4 is 15.7 Å². The zero-order valence-electron chi connectivity index (χ0n) is 16.2. The van der Waals surface area contributed by atoms with E-state index in [1.54, 1.807) is 18.2 Å². The van der Waals surface area contributed by atoms with Crippen LogP contribution in [0, 0.1) is 0 Å². The van der Waals surface area contributed by atoms with Gasteiger partial charge < -0.3 is 9.73 Å². The smallest absolute Gasteiger partial charge is 0.336 e. The van der Waals surface area contributed by atoms with E-state index in [1.807, 2.05) is 30.3 Å². The van der Waals surface area contributed by atoms with Crippen molar-refractivity contribution in [1.82, 2.24) is 5.32 Å². The van der Waals surface area contributed by atoms with Gasteiger partial charge in [-0.3, -0.25) is 9.52 Å². The highest BCUT2D eigenvalue weighted by molar-refractivity contribution is 7.92. The Morgan fingerprint density at radius 3 is 2.42 bits per heavy atom. The van der Waals surface area contributed by atoms with Gasteiger partial charge in [-0.05, 0) is 42.0 Å². The van der Waals surface area contributed by atoms with Gasteiger partial charge in [-0.15, -0.1) is 0 Å². The summed E-state index contributed by atoms with van der Waals surface area (Å²) in [6.07, 6.45) is 0. The number of benzene rings is 3. The van der Waals surface area contributed by atoms with Crippen molar-refractivity contribution in [3.8, 4) is 0 Å². The Balaban J connectivity index is 1.58. The Hall–Kier alpha value is -3.91. The number of rotatable bonds is 6. The van der Waals surface area contributed by atoms with Crippen molar-refractivity contribution in [1.29, 1.82) is 0 Å². The van der Waals surface area contributed by atoms with Crippen LogP contribution in [0.4, 0.5) is 5.69 Å². The van der Waals surface area contributed by atoms with Gasteiger partial charge in [-0.25, -0.2) is 13.2 Å². The zero-order chi connectivity index (χ0) is 21.8. The molecule has 1 amide bonds. The van der Waals surface area contributed by atoms with Gasteiger partial charge in [0.25, 0.3) is 15.9 Å². The highest BCUT2D eigenvalue weighted by Gasteiger charge is 2.19. The third-order valence-corrected chi connectivity index (χ3v) is 5.98. The van der Waals surface area contributed by atoms with E-state index in [0.29, 0.717) is 11.9 Å². The molecule has 0 aliphatic carbocycles. The number of sulfonamides is 1. The number of hydrogen-bond acceptors (Lipinski definition) is 5. The van der Waals surface area contributed by atoms with Crippen molar-refractivity contribution >= 4 is 32.6 Å². The van der Waals surface area contributed by atoms with Crippen molar-refractivity contribution in [2.45, 2.75) is 11.4 Å². The molecular formula is C23H18N2O5S. The first kappa shape index (κ1) is 20.4. The minimum absolute atomic E-state index is 0.0201. The van der Waals surface area contributed by atoms with E-state index >= 15 is 0 Å². The van der Waals surface area contributed by atoms with E-state index in [1.165, 1.54) is 36.4 Å². The zero-order valence-corrected chi connectivity index (χ0v) is 17.1. The fourth-order valence-corrected chi connectivity index (χ4v) is 4.18. The Kier molecular flexibility index (Phi) is 5.55. The van der Waals surface area contributed by atoms with Gasteiger partial charge in [-0.2, -0.15) is 0 Å². The SMILES string of the molecule is O=C(NCc1ccccc1)c1ccccc1NS(=O)(=O)c1ccc2oc(=O)ccc2c1. The van der Waals surface area contributed by atoms with Crippen LogP contribution in [0.2, 0.25) is 0 Å². The Labute approximate surface area is 178 Å². The van der Waals surface area contributed by atoms with E-state index in [0.717, 1.165) is 5.56 Å². The molecule has 1 heterocycles. The molecule has 4 rings (SSSR count). The van der Waals surface area contributed by atoms with Gasteiger partial charge in [-0.1, -0.05) is 42.5 Å². The molecule has 0 aliphatic rings. The summed E-state index contributed by atoms with van der Waals surface area (Å²) in [5.74, 6) is -0.401. The topological polar surface area (TPSA) is 105 Å². The lowest BCUT2D eigenvalue weighted by molar-refractivity contribution is 0.0952. The molecule has 0 spiro atoms. The standard InChI is InChI=1S/C23H18N2O5S/c26-22-13-10-17-14-18(11-12-21(17)30-22)31(28,29)25-20-9-5-4-8-19(20)23(27)24-15-16-6-2-1-3-7-16/h1-14,25H,15H2,(H,24,27). The fourth-order valence-electron chi connectivity index (χ4n) is 3.06. The Bertz CT molecular complexity index is 1410. The van der Waals surface area contributed by atoms with Crippen molar-refractivity contribution in [2.75, 3.05) is 4.72 Å². The summed E-state index contributed by atoms with van der Waals surface area (Å²) in [7, 11) is -3.99. The van der Waals surface area contributed by atoms with Gasteiger partial charge in [0.05, 0.1) is 16.1 Å². The van der Waals surface area contributed by atoms with Crippen LogP contribution in [0.5, 0.6) is 0 Å². The van der Waals surface area contributed by atoms with E-state index in [2.05, 4.69) is 10.0 Å². The van der Waals surface area contributed by atoms with Crippen molar-refractivity contribution < 1.29 is 17.6 Å². The molecule has 3 aromatic carbocycles. The maximum Gasteiger partial charge on any atom is 0.336 e. The van der Waals surface area contributed by atoms with Crippen LogP contribution in [0.3, 0.4) is 0 Å². The fraction of sp³-hybridized carbons (Fsp3) is 0.0435. The summed E-state index contributed by atoms with van der Waals surface area (Å²) < 4.78 is 33.4. The van der Waals surface area contributed by atoms with Gasteiger partial charge in [0.2, 0.25) is 0 Å². The first-order valence-electron chi connectivity index (χ1n) is 9.40. The van der Waals surface area contributed by atoms with E-state index in [4.69, 9.17) is 4.42 Å². The summed E-state index contributed by atoms with van der Waals surface area (Å²) >= 11 is 0. The number of amides is 1. The number of fused-ring (bicyclic) bond motifs is 1. The molecule has 31 heavy (non-hydrogen) atoms. The summed E-state index contributed by atoms with van der Waals surface area (Å²) in [5, 5.41) is 3.26. The largest absolute Gasteiger partial charge is 0.423 e. The lowest BCUT2D eigenvalue weighted by Crippen LogP contribution is -2.25. The normalized spacial score (nSPS) is 11.2. The monoisotopic (exact) mass is 434 g/mol. The molecule has 1 aromatic heterocycles. The molecule has 0 saturated heterocycles. The number of nitrogens with one attached hydrogen (secondary N) is 2. The number of anilines is 1. The van der Waals surface area contributed by atoms with Gasteiger partial charge in [0.15, 0.2) is 0 Å². The molecular weight excluding hydrogens is 416 g/mol. The molecule has 8 heteroatoms. The quantitative estimate of drug-likeness (QED) is 0.452. The van der Waals surface area contributed by atoms with E-state index < -0.39 is 21.6 Å². The molecule has 0 saturated carbocycles. The molecule has 0 aliphatic heterocycles. The third kappa shape index (κ3) is 4.65. The predicted molar refractivity (Wildman–Crippen MR) is 117 cm³/mol. The Morgan fingerprint density at radius 1 is 0.871 bits per heavy atom. The summed E-state index contributed by atoms with van der Waals surface area (Å²) in [6.45, 7) is 0.316. The van der Waals surface area contributed by atoms with Crippen LogP contribution in [0.25, 0.3) is 11.0 Å². The van der Waals surface area contributed by atoms with Gasteiger partial charge in [0.1, 0.15) is 5.58 Å². The second kappa shape index (κ2) is 8.45.